The van der Waals surface area contributed by atoms with Gasteiger partial charge in [0.1, 0.15) is 24.2 Å². The Morgan fingerprint density at radius 1 is 0.571 bits per heavy atom. The zero-order chi connectivity index (χ0) is 31.8. The number of carbonyl (C=O) groups excluding carboxylic acids is 4. The van der Waals surface area contributed by atoms with Crippen molar-refractivity contribution in [2.45, 2.75) is 148 Å². The summed E-state index contributed by atoms with van der Waals surface area (Å²) >= 11 is 0. The van der Waals surface area contributed by atoms with Gasteiger partial charge in [0.15, 0.2) is 0 Å². The Hall–Kier alpha value is -2.73. The third-order valence-electron chi connectivity index (χ3n) is 7.17. The van der Waals surface area contributed by atoms with E-state index in [1.807, 2.05) is 0 Å². The summed E-state index contributed by atoms with van der Waals surface area (Å²) in [6.07, 6.45) is 13.8. The largest absolute Gasteiger partial charge is 0.480 e. The molecule has 0 spiro atoms. The second-order valence-electron chi connectivity index (χ2n) is 11.1. The van der Waals surface area contributed by atoms with Crippen LogP contribution in [0.3, 0.4) is 0 Å². The van der Waals surface area contributed by atoms with E-state index >= 15 is 0 Å². The van der Waals surface area contributed by atoms with Crippen LogP contribution in [0.5, 0.6) is 0 Å². The van der Waals surface area contributed by atoms with E-state index in [9.17, 15) is 24.0 Å². The van der Waals surface area contributed by atoms with Gasteiger partial charge in [0.2, 0.25) is 23.6 Å². The third kappa shape index (κ3) is 19.4. The van der Waals surface area contributed by atoms with E-state index in [-0.39, 0.29) is 12.3 Å². The Labute approximate surface area is 252 Å². The average Bonchev–Trinajstić information content (AvgIpc) is 2.95. The Morgan fingerprint density at radius 3 is 1.50 bits per heavy atom. The van der Waals surface area contributed by atoms with Crippen LogP contribution in [0.25, 0.3) is 0 Å². The number of nitrogens with two attached hydrogens (primary N) is 2. The minimum Gasteiger partial charge on any atom is -0.480 e. The van der Waals surface area contributed by atoms with Gasteiger partial charge in [0.05, 0.1) is 0 Å². The first-order chi connectivity index (χ1) is 20.1. The van der Waals surface area contributed by atoms with Crippen LogP contribution < -0.4 is 32.7 Å². The first-order valence-corrected chi connectivity index (χ1v) is 15.9. The Morgan fingerprint density at radius 2 is 1.02 bits per heavy atom. The number of aliphatic carboxylic acids is 1. The Kier molecular flexibility index (Phi) is 23.2. The molecule has 0 aromatic heterocycles. The molecule has 12 nitrogen and oxygen atoms in total. The van der Waals surface area contributed by atoms with E-state index in [0.717, 1.165) is 19.3 Å². The van der Waals surface area contributed by atoms with Crippen molar-refractivity contribution in [3.63, 3.8) is 0 Å². The van der Waals surface area contributed by atoms with Crippen molar-refractivity contribution in [2.75, 3.05) is 13.1 Å². The lowest BCUT2D eigenvalue weighted by atomic mass is 10.1. The van der Waals surface area contributed by atoms with Crippen molar-refractivity contribution in [1.82, 2.24) is 21.3 Å². The molecular formula is C30H58N6O6. The fourth-order valence-electron chi connectivity index (χ4n) is 4.44. The molecule has 0 aromatic carbocycles. The summed E-state index contributed by atoms with van der Waals surface area (Å²) in [5.41, 5.74) is 11.1. The van der Waals surface area contributed by atoms with Gasteiger partial charge in [-0.1, -0.05) is 58.3 Å². The Balaban J connectivity index is 4.95. The highest BCUT2D eigenvalue weighted by molar-refractivity contribution is 5.94. The molecule has 0 aliphatic rings. The molecule has 0 rings (SSSR count). The number of unbranched alkanes of at least 4 members (excludes halogenated alkanes) is 10. The van der Waals surface area contributed by atoms with Crippen molar-refractivity contribution in [3.05, 3.63) is 0 Å². The van der Waals surface area contributed by atoms with Gasteiger partial charge in [-0.05, 0) is 71.9 Å². The topological polar surface area (TPSA) is 206 Å². The van der Waals surface area contributed by atoms with Gasteiger partial charge in [0, 0.05) is 6.42 Å². The normalized spacial score (nSPS) is 13.8. The number of amides is 4. The van der Waals surface area contributed by atoms with Gasteiger partial charge < -0.3 is 37.8 Å². The van der Waals surface area contributed by atoms with Crippen LogP contribution in [-0.2, 0) is 24.0 Å². The number of rotatable bonds is 26. The molecule has 0 radical (unpaired) electrons. The van der Waals surface area contributed by atoms with E-state index in [1.54, 1.807) is 0 Å². The molecule has 244 valence electrons. The molecule has 0 unspecified atom stereocenters. The number of hydrogen-bond acceptors (Lipinski definition) is 7. The van der Waals surface area contributed by atoms with Gasteiger partial charge in [-0.25, -0.2) is 0 Å². The second kappa shape index (κ2) is 24.8. The maximum Gasteiger partial charge on any atom is 0.325 e. The summed E-state index contributed by atoms with van der Waals surface area (Å²) in [6, 6.07) is -3.91. The van der Waals surface area contributed by atoms with Gasteiger partial charge in [-0.15, -0.1) is 0 Å². The summed E-state index contributed by atoms with van der Waals surface area (Å²) in [5, 5.41) is 19.5. The van der Waals surface area contributed by atoms with Crippen LogP contribution in [0.15, 0.2) is 0 Å². The molecule has 0 fully saturated rings. The number of nitrogens with one attached hydrogen (secondary N) is 4. The van der Waals surface area contributed by atoms with E-state index in [2.05, 4.69) is 28.2 Å². The summed E-state index contributed by atoms with van der Waals surface area (Å²) in [6.45, 7) is 5.90. The molecule has 0 saturated carbocycles. The maximum atomic E-state index is 13.1. The summed E-state index contributed by atoms with van der Waals surface area (Å²) in [7, 11) is 0. The van der Waals surface area contributed by atoms with E-state index in [0.29, 0.717) is 51.6 Å². The minimum absolute atomic E-state index is 0.202. The third-order valence-corrected chi connectivity index (χ3v) is 7.17. The fourth-order valence-corrected chi connectivity index (χ4v) is 4.44. The second-order valence-corrected chi connectivity index (χ2v) is 11.1. The van der Waals surface area contributed by atoms with Crippen LogP contribution in [0.4, 0.5) is 0 Å². The molecular weight excluding hydrogens is 540 g/mol. The molecule has 0 aliphatic heterocycles. The van der Waals surface area contributed by atoms with Gasteiger partial charge >= 0.3 is 5.97 Å². The monoisotopic (exact) mass is 598 g/mol. The van der Waals surface area contributed by atoms with Crippen molar-refractivity contribution in [3.8, 4) is 0 Å². The molecule has 12 heteroatoms. The highest BCUT2D eigenvalue weighted by atomic mass is 16.4. The number of carbonyl (C=O) groups is 5. The zero-order valence-electron chi connectivity index (χ0n) is 26.2. The van der Waals surface area contributed by atoms with Gasteiger partial charge in [-0.3, -0.25) is 24.0 Å². The maximum absolute atomic E-state index is 13.1. The highest BCUT2D eigenvalue weighted by Crippen LogP contribution is 2.11. The van der Waals surface area contributed by atoms with Gasteiger partial charge in [-0.2, -0.15) is 0 Å². The van der Waals surface area contributed by atoms with Crippen molar-refractivity contribution < 1.29 is 29.1 Å². The quantitative estimate of drug-likeness (QED) is 0.0733. The first-order valence-electron chi connectivity index (χ1n) is 15.9. The molecule has 0 bridgehead atoms. The van der Waals surface area contributed by atoms with E-state index < -0.39 is 47.9 Å². The molecule has 4 atom stereocenters. The standard InChI is InChI=1S/C30H58N6O6/c1-4-5-6-7-8-9-10-11-12-19-26(37)35-24(17-13-15-20-31)28(39)33-22(2)27(38)36-25(18-14-16-21-32)29(40)34-23(3)30(41)42/h22-25H,4-21,31-32H2,1-3H3,(H,33,39)(H,34,40)(H,35,37)(H,36,38)(H,41,42)/t22-,23-,24-,25-/m0/s1. The number of carboxylic acid groups (broad SMARTS) is 1. The lowest BCUT2D eigenvalue weighted by molar-refractivity contribution is -0.141. The number of carboxylic acids is 1. The van der Waals surface area contributed by atoms with Crippen LogP contribution in [0.1, 0.15) is 124 Å². The average molecular weight is 599 g/mol. The predicted molar refractivity (Wildman–Crippen MR) is 164 cm³/mol. The van der Waals surface area contributed by atoms with Crippen LogP contribution in [0, 0.1) is 0 Å². The molecule has 4 amide bonds. The van der Waals surface area contributed by atoms with Gasteiger partial charge in [0.25, 0.3) is 0 Å². The van der Waals surface area contributed by atoms with Crippen LogP contribution >= 0.6 is 0 Å². The molecule has 0 aromatic rings. The highest BCUT2D eigenvalue weighted by Gasteiger charge is 2.28. The van der Waals surface area contributed by atoms with Crippen molar-refractivity contribution >= 4 is 29.6 Å². The zero-order valence-corrected chi connectivity index (χ0v) is 26.2. The van der Waals surface area contributed by atoms with Crippen molar-refractivity contribution in [2.24, 2.45) is 11.5 Å². The van der Waals surface area contributed by atoms with E-state index in [4.69, 9.17) is 16.6 Å². The summed E-state index contributed by atoms with van der Waals surface area (Å²) in [5.74, 6) is -3.11. The minimum atomic E-state index is -1.20. The Bertz CT molecular complexity index is 796. The van der Waals surface area contributed by atoms with E-state index in [1.165, 1.54) is 52.4 Å². The fraction of sp³-hybridized carbons (Fsp3) is 0.833. The SMILES string of the molecule is CCCCCCCCCCCC(=O)N[C@@H](CCCCN)C(=O)N[C@@H](C)C(=O)N[C@@H](CCCCN)C(=O)N[C@@H](C)C(=O)O. The predicted octanol–water partition coefficient (Wildman–Crippen LogP) is 2.23. The molecule has 9 N–H and O–H groups in total. The molecule has 0 heterocycles. The summed E-state index contributed by atoms with van der Waals surface area (Å²) < 4.78 is 0. The lowest BCUT2D eigenvalue weighted by Gasteiger charge is -2.24. The molecule has 0 saturated heterocycles. The number of hydrogen-bond donors (Lipinski definition) is 7. The first kappa shape index (κ1) is 39.3. The summed E-state index contributed by atoms with van der Waals surface area (Å²) in [4.78, 5) is 62.4. The molecule has 0 aliphatic carbocycles. The van der Waals surface area contributed by atoms with Crippen LogP contribution in [0.2, 0.25) is 0 Å². The molecule has 42 heavy (non-hydrogen) atoms. The van der Waals surface area contributed by atoms with Crippen LogP contribution in [-0.4, -0.2) is 72.0 Å². The smallest absolute Gasteiger partial charge is 0.325 e. The lowest BCUT2D eigenvalue weighted by Crippen LogP contribution is -2.56. The van der Waals surface area contributed by atoms with Crippen molar-refractivity contribution in [1.29, 1.82) is 0 Å².